The van der Waals surface area contributed by atoms with Gasteiger partial charge in [0, 0.05) is 5.56 Å². The molecule has 0 spiro atoms. The molecule has 0 radical (unpaired) electrons. The molecule has 0 fully saturated rings. The van der Waals surface area contributed by atoms with E-state index in [1.165, 1.54) is 77.0 Å². The van der Waals surface area contributed by atoms with Gasteiger partial charge in [0.25, 0.3) is 0 Å². The molecular formula is C26H42O2. The third kappa shape index (κ3) is 11.4. The molecule has 0 aliphatic carbocycles. The summed E-state index contributed by atoms with van der Waals surface area (Å²) in [7, 11) is 0. The van der Waals surface area contributed by atoms with Crippen LogP contribution >= 0.6 is 0 Å². The van der Waals surface area contributed by atoms with Gasteiger partial charge in [-0.3, -0.25) is 9.59 Å². The summed E-state index contributed by atoms with van der Waals surface area (Å²) in [4.78, 5) is 24.4. The minimum atomic E-state index is -0.459. The lowest BCUT2D eigenvalue weighted by Gasteiger charge is -2.12. The van der Waals surface area contributed by atoms with Crippen molar-refractivity contribution in [2.75, 3.05) is 0 Å². The zero-order valence-electron chi connectivity index (χ0n) is 18.4. The number of carbonyl (C=O) groups excluding carboxylic acids is 2. The van der Waals surface area contributed by atoms with Gasteiger partial charge in [-0.15, -0.1) is 0 Å². The van der Waals surface area contributed by atoms with Crippen molar-refractivity contribution in [3.8, 4) is 0 Å². The molecule has 0 heterocycles. The first-order valence-corrected chi connectivity index (χ1v) is 11.8. The van der Waals surface area contributed by atoms with Crippen LogP contribution in [-0.2, 0) is 4.79 Å². The first kappa shape index (κ1) is 24.6. The largest absolute Gasteiger partial charge is 0.299 e. The van der Waals surface area contributed by atoms with Gasteiger partial charge in [0.15, 0.2) is 5.78 Å². The zero-order chi connectivity index (χ0) is 20.5. The van der Waals surface area contributed by atoms with E-state index in [1.807, 2.05) is 30.3 Å². The summed E-state index contributed by atoms with van der Waals surface area (Å²) in [6.07, 6.45) is 19.2. The van der Waals surface area contributed by atoms with E-state index in [2.05, 4.69) is 6.92 Å². The molecule has 0 amide bonds. The fraction of sp³-hybridized carbons (Fsp3) is 0.692. The molecule has 0 saturated heterocycles. The Kier molecular flexibility index (Phi) is 14.5. The van der Waals surface area contributed by atoms with Crippen LogP contribution in [0.4, 0.5) is 0 Å². The molecule has 0 aromatic heterocycles. The first-order valence-electron chi connectivity index (χ1n) is 11.8. The minimum Gasteiger partial charge on any atom is -0.299 e. The van der Waals surface area contributed by atoms with Gasteiger partial charge in [0.2, 0.25) is 0 Å². The maximum absolute atomic E-state index is 12.5. The van der Waals surface area contributed by atoms with Crippen LogP contribution in [0.15, 0.2) is 30.3 Å². The van der Waals surface area contributed by atoms with Gasteiger partial charge >= 0.3 is 0 Å². The number of unbranched alkanes of at least 4 members (excludes halogenated alkanes) is 13. The number of carbonyl (C=O) groups is 2. The molecule has 158 valence electrons. The van der Waals surface area contributed by atoms with Crippen LogP contribution in [-0.4, -0.2) is 11.6 Å². The van der Waals surface area contributed by atoms with E-state index in [0.717, 1.165) is 12.8 Å². The van der Waals surface area contributed by atoms with Crippen molar-refractivity contribution in [1.82, 2.24) is 0 Å². The Hall–Kier alpha value is -1.44. The predicted molar refractivity (Wildman–Crippen MR) is 120 cm³/mol. The van der Waals surface area contributed by atoms with Crippen molar-refractivity contribution in [3.05, 3.63) is 35.9 Å². The first-order chi connectivity index (χ1) is 13.7. The molecule has 0 bridgehead atoms. The Morgan fingerprint density at radius 1 is 0.679 bits per heavy atom. The molecule has 2 heteroatoms. The molecule has 1 aromatic carbocycles. The molecule has 2 nitrogen and oxygen atoms in total. The quantitative estimate of drug-likeness (QED) is 0.146. The summed E-state index contributed by atoms with van der Waals surface area (Å²) in [6.45, 7) is 3.82. The number of rotatable bonds is 18. The summed E-state index contributed by atoms with van der Waals surface area (Å²) in [5, 5.41) is 0. The van der Waals surface area contributed by atoms with E-state index in [9.17, 15) is 9.59 Å². The average molecular weight is 387 g/mol. The Bertz CT molecular complexity index is 520. The topological polar surface area (TPSA) is 34.1 Å². The summed E-state index contributed by atoms with van der Waals surface area (Å²) >= 11 is 0. The lowest BCUT2D eigenvalue weighted by atomic mass is 9.89. The molecular weight excluding hydrogens is 344 g/mol. The molecule has 1 aromatic rings. The Morgan fingerprint density at radius 3 is 1.54 bits per heavy atom. The van der Waals surface area contributed by atoms with Crippen molar-refractivity contribution >= 4 is 11.6 Å². The van der Waals surface area contributed by atoms with Gasteiger partial charge in [-0.1, -0.05) is 127 Å². The fourth-order valence-electron chi connectivity index (χ4n) is 3.87. The van der Waals surface area contributed by atoms with Crippen LogP contribution in [0.1, 0.15) is 121 Å². The van der Waals surface area contributed by atoms with E-state index in [4.69, 9.17) is 0 Å². The number of benzene rings is 1. The highest BCUT2D eigenvalue weighted by molar-refractivity contribution is 6.09. The van der Waals surface area contributed by atoms with Crippen molar-refractivity contribution in [1.29, 1.82) is 0 Å². The summed E-state index contributed by atoms with van der Waals surface area (Å²) < 4.78 is 0. The molecule has 0 N–H and O–H groups in total. The van der Waals surface area contributed by atoms with Crippen LogP contribution in [0.2, 0.25) is 0 Å². The second kappa shape index (κ2) is 16.5. The summed E-state index contributed by atoms with van der Waals surface area (Å²) in [5.74, 6) is -0.467. The highest BCUT2D eigenvalue weighted by atomic mass is 16.1. The maximum atomic E-state index is 12.5. The zero-order valence-corrected chi connectivity index (χ0v) is 18.4. The lowest BCUT2D eigenvalue weighted by molar-refractivity contribution is -0.119. The normalized spacial score (nSPS) is 12.1. The van der Waals surface area contributed by atoms with Crippen LogP contribution in [0.5, 0.6) is 0 Å². The number of Topliss-reactive ketones (excluding diaryl/α,β-unsaturated/α-hetero) is 2. The fourth-order valence-corrected chi connectivity index (χ4v) is 3.87. The maximum Gasteiger partial charge on any atom is 0.173 e. The van der Waals surface area contributed by atoms with Crippen molar-refractivity contribution < 1.29 is 9.59 Å². The van der Waals surface area contributed by atoms with Gasteiger partial charge in [0.05, 0.1) is 5.92 Å². The highest BCUT2D eigenvalue weighted by Gasteiger charge is 2.23. The molecule has 0 aliphatic rings. The lowest BCUT2D eigenvalue weighted by Crippen LogP contribution is -2.22. The van der Waals surface area contributed by atoms with E-state index in [1.54, 1.807) is 6.92 Å². The predicted octanol–water partition coefficient (Wildman–Crippen LogP) is 7.95. The number of ketones is 2. The van der Waals surface area contributed by atoms with E-state index < -0.39 is 5.92 Å². The van der Waals surface area contributed by atoms with Crippen LogP contribution in [0.25, 0.3) is 0 Å². The Balaban J connectivity index is 2.02. The van der Waals surface area contributed by atoms with Gasteiger partial charge in [-0.2, -0.15) is 0 Å². The standard InChI is InChI=1S/C26H42O2/c1-3-4-5-6-7-8-9-10-11-12-13-14-15-19-22-25(23(2)27)26(28)24-20-17-16-18-21-24/h16-18,20-21,25H,3-15,19,22H2,1-2H3. The van der Waals surface area contributed by atoms with Gasteiger partial charge in [-0.05, 0) is 13.3 Å². The van der Waals surface area contributed by atoms with Gasteiger partial charge in [0.1, 0.15) is 5.78 Å². The molecule has 1 rings (SSSR count). The smallest absolute Gasteiger partial charge is 0.173 e. The van der Waals surface area contributed by atoms with E-state index in [-0.39, 0.29) is 11.6 Å². The van der Waals surface area contributed by atoms with Crippen LogP contribution in [0, 0.1) is 5.92 Å². The minimum absolute atomic E-state index is 0.00328. The Morgan fingerprint density at radius 2 is 1.11 bits per heavy atom. The molecule has 1 atom stereocenters. The highest BCUT2D eigenvalue weighted by Crippen LogP contribution is 2.19. The van der Waals surface area contributed by atoms with Crippen molar-refractivity contribution in [3.63, 3.8) is 0 Å². The third-order valence-electron chi connectivity index (χ3n) is 5.71. The van der Waals surface area contributed by atoms with Gasteiger partial charge < -0.3 is 0 Å². The van der Waals surface area contributed by atoms with E-state index >= 15 is 0 Å². The third-order valence-corrected chi connectivity index (χ3v) is 5.71. The molecule has 1 unspecified atom stereocenters. The molecule has 28 heavy (non-hydrogen) atoms. The molecule has 0 aliphatic heterocycles. The van der Waals surface area contributed by atoms with Crippen LogP contribution < -0.4 is 0 Å². The van der Waals surface area contributed by atoms with Crippen molar-refractivity contribution in [2.24, 2.45) is 5.92 Å². The monoisotopic (exact) mass is 386 g/mol. The second-order valence-electron chi connectivity index (χ2n) is 8.28. The van der Waals surface area contributed by atoms with Crippen molar-refractivity contribution in [2.45, 2.75) is 110 Å². The average Bonchev–Trinajstić information content (AvgIpc) is 2.71. The summed E-state index contributed by atoms with van der Waals surface area (Å²) in [6, 6.07) is 9.23. The Labute approximate surface area is 173 Å². The number of hydrogen-bond acceptors (Lipinski definition) is 2. The molecule has 0 saturated carbocycles. The summed E-state index contributed by atoms with van der Waals surface area (Å²) in [5.41, 5.74) is 0.660. The second-order valence-corrected chi connectivity index (χ2v) is 8.28. The SMILES string of the molecule is CCCCCCCCCCCCCCCCC(C(C)=O)C(=O)c1ccccc1. The number of hydrogen-bond donors (Lipinski definition) is 0. The van der Waals surface area contributed by atoms with Crippen LogP contribution in [0.3, 0.4) is 0 Å². The van der Waals surface area contributed by atoms with Gasteiger partial charge in [-0.25, -0.2) is 0 Å². The van der Waals surface area contributed by atoms with E-state index in [0.29, 0.717) is 12.0 Å².